The first-order valence-corrected chi connectivity index (χ1v) is 11.2. The average Bonchev–Trinajstić information content (AvgIpc) is 3.42. The van der Waals surface area contributed by atoms with Gasteiger partial charge in [0.15, 0.2) is 10.3 Å². The van der Waals surface area contributed by atoms with Crippen LogP contribution >= 0.6 is 22.7 Å². The van der Waals surface area contributed by atoms with Crippen molar-refractivity contribution < 1.29 is 9.18 Å². The number of nitrogens with one attached hydrogen (secondary N) is 1. The van der Waals surface area contributed by atoms with Gasteiger partial charge in [-0.3, -0.25) is 4.79 Å². The number of hydrogen-bond acceptors (Lipinski definition) is 7. The predicted octanol–water partition coefficient (Wildman–Crippen LogP) is 3.41. The number of nitrogens with zero attached hydrogens (tertiary/aromatic N) is 4. The van der Waals surface area contributed by atoms with Gasteiger partial charge in [-0.25, -0.2) is 14.4 Å². The van der Waals surface area contributed by atoms with Crippen molar-refractivity contribution in [1.29, 1.82) is 0 Å². The highest BCUT2D eigenvalue weighted by molar-refractivity contribution is 7.14. The summed E-state index contributed by atoms with van der Waals surface area (Å²) in [6.45, 7) is 5.52. The monoisotopic (exact) mass is 431 g/mol. The zero-order chi connectivity index (χ0) is 20.2. The summed E-state index contributed by atoms with van der Waals surface area (Å²) >= 11 is 3.28. The lowest BCUT2D eigenvalue weighted by atomic mass is 10.1. The van der Waals surface area contributed by atoms with Crippen molar-refractivity contribution in [3.63, 3.8) is 0 Å². The Kier molecular flexibility index (Phi) is 6.05. The Labute approximate surface area is 177 Å². The second kappa shape index (κ2) is 8.87. The first kappa shape index (κ1) is 19.8. The summed E-state index contributed by atoms with van der Waals surface area (Å²) in [5.74, 6) is -0.367. The molecule has 3 heterocycles. The Morgan fingerprint density at radius 2 is 1.93 bits per heavy atom. The van der Waals surface area contributed by atoms with E-state index in [1.54, 1.807) is 28.7 Å². The molecule has 4 rings (SSSR count). The molecule has 29 heavy (non-hydrogen) atoms. The zero-order valence-corrected chi connectivity index (χ0v) is 17.7. The molecule has 0 aliphatic carbocycles. The van der Waals surface area contributed by atoms with E-state index >= 15 is 0 Å². The van der Waals surface area contributed by atoms with Gasteiger partial charge in [-0.2, -0.15) is 0 Å². The summed E-state index contributed by atoms with van der Waals surface area (Å²) in [7, 11) is 0. The highest BCUT2D eigenvalue weighted by Gasteiger charge is 2.21. The van der Waals surface area contributed by atoms with Crippen molar-refractivity contribution in [3.8, 4) is 11.3 Å². The summed E-state index contributed by atoms with van der Waals surface area (Å²) in [5.41, 5.74) is 2.34. The molecule has 0 atom stereocenters. The van der Waals surface area contributed by atoms with E-state index < -0.39 is 0 Å². The third-order valence-corrected chi connectivity index (χ3v) is 6.58. The Balaban J connectivity index is 1.42. The highest BCUT2D eigenvalue weighted by atomic mass is 32.1. The maximum atomic E-state index is 14.1. The van der Waals surface area contributed by atoms with Crippen LogP contribution in [0.1, 0.15) is 12.5 Å². The third kappa shape index (κ3) is 4.73. The molecule has 0 saturated carbocycles. The van der Waals surface area contributed by atoms with Crippen LogP contribution in [0.3, 0.4) is 0 Å². The van der Waals surface area contributed by atoms with E-state index in [2.05, 4.69) is 20.1 Å². The number of piperazine rings is 1. The van der Waals surface area contributed by atoms with Gasteiger partial charge in [0.25, 0.3) is 0 Å². The van der Waals surface area contributed by atoms with Gasteiger partial charge in [-0.1, -0.05) is 0 Å². The Morgan fingerprint density at radius 1 is 1.17 bits per heavy atom. The van der Waals surface area contributed by atoms with Gasteiger partial charge in [0.1, 0.15) is 5.82 Å². The highest BCUT2D eigenvalue weighted by Crippen LogP contribution is 2.30. The normalized spacial score (nSPS) is 14.3. The smallest absolute Gasteiger partial charge is 0.216 e. The predicted molar refractivity (Wildman–Crippen MR) is 116 cm³/mol. The standard InChI is InChI=1S/C20H22FN5OS2/c1-14(27)22-5-4-15-12-16(2-3-17(15)21)18-13-29-20(24-18)26-9-7-25(8-10-26)19-23-6-11-28-19/h2-3,6,11-13H,4-5,7-10H2,1H3,(H,22,27). The van der Waals surface area contributed by atoms with Crippen molar-refractivity contribution in [1.82, 2.24) is 15.3 Å². The number of aromatic nitrogens is 2. The molecular formula is C20H22FN5OS2. The minimum Gasteiger partial charge on any atom is -0.356 e. The van der Waals surface area contributed by atoms with Crippen LogP contribution in [0.5, 0.6) is 0 Å². The van der Waals surface area contributed by atoms with Gasteiger partial charge in [-0.05, 0) is 30.2 Å². The van der Waals surface area contributed by atoms with Crippen LogP contribution < -0.4 is 15.1 Å². The fraction of sp³-hybridized carbons (Fsp3) is 0.350. The first-order valence-electron chi connectivity index (χ1n) is 9.48. The van der Waals surface area contributed by atoms with Crippen molar-refractivity contribution in [2.75, 3.05) is 42.5 Å². The molecule has 1 saturated heterocycles. The molecule has 0 bridgehead atoms. The summed E-state index contributed by atoms with van der Waals surface area (Å²) in [6, 6.07) is 5.07. The number of anilines is 2. The van der Waals surface area contributed by atoms with Crippen molar-refractivity contribution in [2.24, 2.45) is 0 Å². The molecule has 0 spiro atoms. The molecule has 1 fully saturated rings. The lowest BCUT2D eigenvalue weighted by molar-refractivity contribution is -0.118. The topological polar surface area (TPSA) is 61.4 Å². The SMILES string of the molecule is CC(=O)NCCc1cc(-c2csc(N3CCN(c4nccs4)CC3)n2)ccc1F. The van der Waals surface area contributed by atoms with Crippen LogP contribution in [0, 0.1) is 5.82 Å². The number of hydrogen-bond donors (Lipinski definition) is 1. The Morgan fingerprint density at radius 3 is 2.62 bits per heavy atom. The minimum absolute atomic E-state index is 0.110. The quantitative estimate of drug-likeness (QED) is 0.648. The molecule has 3 aromatic rings. The summed E-state index contributed by atoms with van der Waals surface area (Å²) in [6.07, 6.45) is 2.29. The van der Waals surface area contributed by atoms with Crippen molar-refractivity contribution in [2.45, 2.75) is 13.3 Å². The summed E-state index contributed by atoms with van der Waals surface area (Å²) in [5, 5.41) is 8.79. The van der Waals surface area contributed by atoms with Crippen LogP contribution in [0.15, 0.2) is 35.2 Å². The number of benzene rings is 1. The van der Waals surface area contributed by atoms with Crippen LogP contribution in [-0.4, -0.2) is 48.6 Å². The number of thiazole rings is 2. The van der Waals surface area contributed by atoms with Crippen LogP contribution in [0.2, 0.25) is 0 Å². The van der Waals surface area contributed by atoms with Crippen LogP contribution in [-0.2, 0) is 11.2 Å². The number of carbonyl (C=O) groups excluding carboxylic acids is 1. The molecule has 0 radical (unpaired) electrons. The van der Waals surface area contributed by atoms with Gasteiger partial charge in [0, 0.05) is 62.2 Å². The lowest BCUT2D eigenvalue weighted by Crippen LogP contribution is -2.46. The van der Waals surface area contributed by atoms with E-state index in [-0.39, 0.29) is 11.7 Å². The summed E-state index contributed by atoms with van der Waals surface area (Å²) < 4.78 is 14.1. The second-order valence-electron chi connectivity index (χ2n) is 6.84. The maximum absolute atomic E-state index is 14.1. The van der Waals surface area contributed by atoms with E-state index in [0.717, 1.165) is 47.7 Å². The molecule has 1 amide bonds. The number of halogens is 1. The van der Waals surface area contributed by atoms with E-state index in [1.807, 2.05) is 23.0 Å². The van der Waals surface area contributed by atoms with Crippen molar-refractivity contribution in [3.05, 3.63) is 46.5 Å². The molecule has 2 aromatic heterocycles. The molecule has 1 N–H and O–H groups in total. The van der Waals surface area contributed by atoms with Crippen molar-refractivity contribution >= 4 is 38.8 Å². The molecule has 1 aliphatic heterocycles. The largest absolute Gasteiger partial charge is 0.356 e. The second-order valence-corrected chi connectivity index (χ2v) is 8.55. The van der Waals surface area contributed by atoms with E-state index in [1.165, 1.54) is 13.0 Å². The van der Waals surface area contributed by atoms with Gasteiger partial charge >= 0.3 is 0 Å². The third-order valence-electron chi connectivity index (χ3n) is 4.84. The first-order chi connectivity index (χ1) is 14.1. The average molecular weight is 432 g/mol. The molecule has 152 valence electrons. The van der Waals surface area contributed by atoms with E-state index in [4.69, 9.17) is 4.98 Å². The fourth-order valence-electron chi connectivity index (χ4n) is 3.30. The van der Waals surface area contributed by atoms with Gasteiger partial charge in [0.05, 0.1) is 5.69 Å². The summed E-state index contributed by atoms with van der Waals surface area (Å²) in [4.78, 5) is 24.8. The number of carbonyl (C=O) groups is 1. The fourth-order valence-corrected chi connectivity index (χ4v) is 4.89. The van der Waals surface area contributed by atoms with Crippen LogP contribution in [0.25, 0.3) is 11.3 Å². The van der Waals surface area contributed by atoms with E-state index in [0.29, 0.717) is 18.5 Å². The minimum atomic E-state index is -0.257. The Bertz CT molecular complexity index is 967. The number of rotatable bonds is 6. The van der Waals surface area contributed by atoms with E-state index in [9.17, 15) is 9.18 Å². The van der Waals surface area contributed by atoms with Gasteiger partial charge < -0.3 is 15.1 Å². The van der Waals surface area contributed by atoms with Gasteiger partial charge in [-0.15, -0.1) is 22.7 Å². The molecule has 1 aromatic carbocycles. The molecule has 0 unspecified atom stereocenters. The molecule has 6 nitrogen and oxygen atoms in total. The molecular weight excluding hydrogens is 409 g/mol. The molecule has 1 aliphatic rings. The Hall–Kier alpha value is -2.52. The van der Waals surface area contributed by atoms with Crippen LogP contribution in [0.4, 0.5) is 14.7 Å². The molecule has 9 heteroatoms. The zero-order valence-electron chi connectivity index (χ0n) is 16.1. The maximum Gasteiger partial charge on any atom is 0.216 e. The number of amides is 1. The van der Waals surface area contributed by atoms with Gasteiger partial charge in [0.2, 0.25) is 5.91 Å². The lowest BCUT2D eigenvalue weighted by Gasteiger charge is -2.34.